The summed E-state index contributed by atoms with van der Waals surface area (Å²) in [4.78, 5) is 7.28. The molecule has 0 aliphatic rings. The van der Waals surface area contributed by atoms with E-state index in [2.05, 4.69) is 36.3 Å². The van der Waals surface area contributed by atoms with Crippen LogP contribution in [-0.4, -0.2) is 39.3 Å². The molecule has 0 spiro atoms. The van der Waals surface area contributed by atoms with Crippen molar-refractivity contribution >= 4 is 11.0 Å². The first kappa shape index (κ1) is 16.0. The number of aromatic nitrogens is 2. The molecule has 1 unspecified atom stereocenters. The zero-order chi connectivity index (χ0) is 15.2. The van der Waals surface area contributed by atoms with E-state index in [4.69, 9.17) is 4.98 Å². The van der Waals surface area contributed by atoms with Gasteiger partial charge in [0.2, 0.25) is 0 Å². The second-order valence-electron chi connectivity index (χ2n) is 5.49. The van der Waals surface area contributed by atoms with Gasteiger partial charge in [0.05, 0.1) is 23.7 Å². The van der Waals surface area contributed by atoms with Crippen molar-refractivity contribution < 1.29 is 5.11 Å². The number of rotatable bonds is 8. The predicted molar refractivity (Wildman–Crippen MR) is 87.4 cm³/mol. The third-order valence-electron chi connectivity index (χ3n) is 4.13. The smallest absolute Gasteiger partial charge is 0.127 e. The SMILES string of the molecule is CCCCN(CC)C(C)c1nc2ccccc2n1CCO. The van der Waals surface area contributed by atoms with Crippen molar-refractivity contribution in [1.29, 1.82) is 0 Å². The van der Waals surface area contributed by atoms with Gasteiger partial charge in [-0.1, -0.05) is 32.4 Å². The quantitative estimate of drug-likeness (QED) is 0.811. The maximum atomic E-state index is 9.38. The van der Waals surface area contributed by atoms with E-state index in [1.54, 1.807) is 0 Å². The van der Waals surface area contributed by atoms with Crippen molar-refractivity contribution in [1.82, 2.24) is 14.5 Å². The minimum absolute atomic E-state index is 0.140. The number of benzene rings is 1. The Kier molecular flexibility index (Phi) is 5.76. The van der Waals surface area contributed by atoms with Crippen LogP contribution in [0.3, 0.4) is 0 Å². The average molecular weight is 289 g/mol. The predicted octanol–water partition coefficient (Wildman–Crippen LogP) is 3.21. The minimum Gasteiger partial charge on any atom is -0.395 e. The van der Waals surface area contributed by atoms with E-state index in [1.807, 2.05) is 18.2 Å². The van der Waals surface area contributed by atoms with Crippen LogP contribution in [0.2, 0.25) is 0 Å². The summed E-state index contributed by atoms with van der Waals surface area (Å²) >= 11 is 0. The molecular formula is C17H27N3O. The third-order valence-corrected chi connectivity index (χ3v) is 4.13. The van der Waals surface area contributed by atoms with E-state index < -0.39 is 0 Å². The Balaban J connectivity index is 2.36. The number of unbranched alkanes of at least 4 members (excludes halogenated alkanes) is 1. The normalized spacial score (nSPS) is 13.2. The number of fused-ring (bicyclic) bond motifs is 1. The molecule has 1 aromatic carbocycles. The number of para-hydroxylation sites is 2. The van der Waals surface area contributed by atoms with Crippen LogP contribution >= 0.6 is 0 Å². The largest absolute Gasteiger partial charge is 0.395 e. The van der Waals surface area contributed by atoms with Gasteiger partial charge in [0.25, 0.3) is 0 Å². The summed E-state index contributed by atoms with van der Waals surface area (Å²) in [7, 11) is 0. The number of hydrogen-bond donors (Lipinski definition) is 1. The Morgan fingerprint density at radius 1 is 1.29 bits per heavy atom. The Bertz CT molecular complexity index is 564. The maximum absolute atomic E-state index is 9.38. The van der Waals surface area contributed by atoms with Crippen LogP contribution in [0.1, 0.15) is 45.5 Å². The van der Waals surface area contributed by atoms with E-state index in [-0.39, 0.29) is 12.6 Å². The molecule has 21 heavy (non-hydrogen) atoms. The second-order valence-corrected chi connectivity index (χ2v) is 5.49. The molecule has 0 saturated heterocycles. The molecule has 1 atom stereocenters. The highest BCUT2D eigenvalue weighted by Crippen LogP contribution is 2.24. The zero-order valence-corrected chi connectivity index (χ0v) is 13.4. The van der Waals surface area contributed by atoms with E-state index in [0.29, 0.717) is 6.54 Å². The molecule has 1 heterocycles. The van der Waals surface area contributed by atoms with Gasteiger partial charge in [-0.25, -0.2) is 4.98 Å². The van der Waals surface area contributed by atoms with Crippen LogP contribution in [0.5, 0.6) is 0 Å². The molecule has 2 rings (SSSR count). The van der Waals surface area contributed by atoms with E-state index in [9.17, 15) is 5.11 Å². The molecular weight excluding hydrogens is 262 g/mol. The lowest BCUT2D eigenvalue weighted by atomic mass is 10.2. The topological polar surface area (TPSA) is 41.3 Å². The van der Waals surface area contributed by atoms with Crippen molar-refractivity contribution in [3.8, 4) is 0 Å². The lowest BCUT2D eigenvalue weighted by molar-refractivity contribution is 0.203. The summed E-state index contributed by atoms with van der Waals surface area (Å²) in [5, 5.41) is 9.38. The molecule has 0 bridgehead atoms. The number of imidazole rings is 1. The molecule has 4 nitrogen and oxygen atoms in total. The molecule has 2 aromatic rings. The fourth-order valence-electron chi connectivity index (χ4n) is 2.90. The summed E-state index contributed by atoms with van der Waals surface area (Å²) in [5.41, 5.74) is 2.12. The molecule has 0 aliphatic heterocycles. The molecule has 0 aliphatic carbocycles. The van der Waals surface area contributed by atoms with Crippen LogP contribution in [0, 0.1) is 0 Å². The first-order chi connectivity index (χ1) is 10.2. The number of nitrogens with zero attached hydrogens (tertiary/aromatic N) is 3. The summed E-state index contributed by atoms with van der Waals surface area (Å²) in [6.07, 6.45) is 2.41. The fourth-order valence-corrected chi connectivity index (χ4v) is 2.90. The highest BCUT2D eigenvalue weighted by atomic mass is 16.3. The van der Waals surface area contributed by atoms with Crippen molar-refractivity contribution in [3.63, 3.8) is 0 Å². The summed E-state index contributed by atoms with van der Waals surface area (Å²) in [6, 6.07) is 8.43. The molecule has 0 radical (unpaired) electrons. The maximum Gasteiger partial charge on any atom is 0.127 e. The molecule has 0 fully saturated rings. The third kappa shape index (κ3) is 3.44. The van der Waals surface area contributed by atoms with Crippen LogP contribution in [0.15, 0.2) is 24.3 Å². The Morgan fingerprint density at radius 3 is 2.71 bits per heavy atom. The zero-order valence-electron chi connectivity index (χ0n) is 13.4. The summed E-state index contributed by atoms with van der Waals surface area (Å²) in [6.45, 7) is 9.49. The van der Waals surface area contributed by atoms with Gasteiger partial charge in [0, 0.05) is 6.54 Å². The highest BCUT2D eigenvalue weighted by Gasteiger charge is 2.20. The highest BCUT2D eigenvalue weighted by molar-refractivity contribution is 5.76. The Hall–Kier alpha value is -1.39. The molecule has 0 saturated carbocycles. The first-order valence-electron chi connectivity index (χ1n) is 8.03. The number of hydrogen-bond acceptors (Lipinski definition) is 3. The van der Waals surface area contributed by atoms with Crippen LogP contribution < -0.4 is 0 Å². The number of aliphatic hydroxyl groups excluding tert-OH is 1. The molecule has 116 valence electrons. The van der Waals surface area contributed by atoms with Gasteiger partial charge in [-0.15, -0.1) is 0 Å². The van der Waals surface area contributed by atoms with Crippen LogP contribution in [-0.2, 0) is 6.54 Å². The van der Waals surface area contributed by atoms with Crippen molar-refractivity contribution in [2.75, 3.05) is 19.7 Å². The van der Waals surface area contributed by atoms with Crippen LogP contribution in [0.4, 0.5) is 0 Å². The van der Waals surface area contributed by atoms with Gasteiger partial charge in [-0.2, -0.15) is 0 Å². The summed E-state index contributed by atoms with van der Waals surface area (Å²) in [5.74, 6) is 1.06. The second kappa shape index (κ2) is 7.57. The Morgan fingerprint density at radius 2 is 2.05 bits per heavy atom. The lowest BCUT2D eigenvalue weighted by Gasteiger charge is -2.27. The van der Waals surface area contributed by atoms with Crippen molar-refractivity contribution in [3.05, 3.63) is 30.1 Å². The number of aliphatic hydroxyl groups is 1. The van der Waals surface area contributed by atoms with Gasteiger partial charge in [-0.05, 0) is 38.6 Å². The van der Waals surface area contributed by atoms with E-state index in [1.165, 1.54) is 12.8 Å². The monoisotopic (exact) mass is 289 g/mol. The fraction of sp³-hybridized carbons (Fsp3) is 0.588. The molecule has 1 aromatic heterocycles. The van der Waals surface area contributed by atoms with Crippen molar-refractivity contribution in [2.45, 2.75) is 46.2 Å². The van der Waals surface area contributed by atoms with E-state index in [0.717, 1.165) is 29.9 Å². The minimum atomic E-state index is 0.140. The molecule has 4 heteroatoms. The van der Waals surface area contributed by atoms with E-state index >= 15 is 0 Å². The average Bonchev–Trinajstić information content (AvgIpc) is 2.87. The summed E-state index contributed by atoms with van der Waals surface area (Å²) < 4.78 is 2.16. The molecule has 0 amide bonds. The molecule has 1 N–H and O–H groups in total. The van der Waals surface area contributed by atoms with Gasteiger partial charge in [-0.3, -0.25) is 4.90 Å². The lowest BCUT2D eigenvalue weighted by Crippen LogP contribution is -2.30. The standard InChI is InChI=1S/C17H27N3O/c1-4-6-11-19(5-2)14(3)17-18-15-9-7-8-10-16(15)20(17)12-13-21/h7-10,14,21H,4-6,11-13H2,1-3H3. The van der Waals surface area contributed by atoms with Gasteiger partial charge < -0.3 is 9.67 Å². The van der Waals surface area contributed by atoms with Crippen LogP contribution in [0.25, 0.3) is 11.0 Å². The van der Waals surface area contributed by atoms with Crippen molar-refractivity contribution in [2.24, 2.45) is 0 Å². The first-order valence-corrected chi connectivity index (χ1v) is 8.03. The van der Waals surface area contributed by atoms with Gasteiger partial charge in [0.1, 0.15) is 5.82 Å². The van der Waals surface area contributed by atoms with Gasteiger partial charge >= 0.3 is 0 Å². The Labute approximate surface area is 127 Å². The van der Waals surface area contributed by atoms with Gasteiger partial charge in [0.15, 0.2) is 0 Å².